The molecule has 94 valence electrons. The molecule has 17 heavy (non-hydrogen) atoms. The Morgan fingerprint density at radius 2 is 2.06 bits per heavy atom. The number of carboxylic acids is 1. The minimum absolute atomic E-state index is 0.0666. The molecule has 1 rings (SSSR count). The van der Waals surface area contributed by atoms with Gasteiger partial charge in [-0.1, -0.05) is 18.2 Å². The number of para-hydroxylation sites is 1. The molecule has 1 unspecified atom stereocenters. The Morgan fingerprint density at radius 1 is 1.41 bits per heavy atom. The molecule has 0 aliphatic rings. The van der Waals surface area contributed by atoms with Crippen molar-refractivity contribution in [3.05, 3.63) is 29.8 Å². The number of nitrogens with zero attached hydrogens (tertiary/aromatic N) is 1. The van der Waals surface area contributed by atoms with Crippen LogP contribution < -0.4 is 4.74 Å². The predicted octanol–water partition coefficient (Wildman–Crippen LogP) is 2.16. The zero-order valence-electron chi connectivity index (χ0n) is 10.5. The average molecular weight is 237 g/mol. The summed E-state index contributed by atoms with van der Waals surface area (Å²) in [7, 11) is 3.74. The summed E-state index contributed by atoms with van der Waals surface area (Å²) >= 11 is 0. The van der Waals surface area contributed by atoms with Crippen molar-refractivity contribution in [3.63, 3.8) is 0 Å². The Kier molecular flexibility index (Phi) is 4.97. The summed E-state index contributed by atoms with van der Waals surface area (Å²) in [5.41, 5.74) is 0.918. The number of rotatable bonds is 6. The third-order valence-corrected chi connectivity index (χ3v) is 2.57. The van der Waals surface area contributed by atoms with Crippen molar-refractivity contribution in [1.29, 1.82) is 0 Å². The molecule has 0 aromatic heterocycles. The summed E-state index contributed by atoms with van der Waals surface area (Å²) in [4.78, 5) is 12.8. The maximum atomic E-state index is 10.9. The highest BCUT2D eigenvalue weighted by Crippen LogP contribution is 2.30. The monoisotopic (exact) mass is 237 g/mol. The van der Waals surface area contributed by atoms with Crippen LogP contribution in [-0.2, 0) is 4.79 Å². The Bertz CT molecular complexity index is 377. The van der Waals surface area contributed by atoms with Gasteiger partial charge in [-0.3, -0.25) is 4.79 Å². The normalized spacial score (nSPS) is 12.5. The van der Waals surface area contributed by atoms with Gasteiger partial charge < -0.3 is 14.7 Å². The molecule has 0 fully saturated rings. The first-order valence-corrected chi connectivity index (χ1v) is 5.66. The van der Waals surface area contributed by atoms with Gasteiger partial charge in [-0.15, -0.1) is 0 Å². The van der Waals surface area contributed by atoms with Crippen LogP contribution in [0.25, 0.3) is 0 Å². The average Bonchev–Trinajstić information content (AvgIpc) is 2.27. The maximum absolute atomic E-state index is 10.9. The van der Waals surface area contributed by atoms with E-state index in [1.165, 1.54) is 0 Å². The fourth-order valence-corrected chi connectivity index (χ4v) is 1.78. The number of benzene rings is 1. The van der Waals surface area contributed by atoms with Crippen LogP contribution in [0.3, 0.4) is 0 Å². The molecule has 0 spiro atoms. The van der Waals surface area contributed by atoms with Gasteiger partial charge in [0.25, 0.3) is 0 Å². The van der Waals surface area contributed by atoms with Crippen molar-refractivity contribution in [2.75, 3.05) is 20.7 Å². The Labute approximate surface area is 102 Å². The molecule has 0 heterocycles. The Balaban J connectivity index is 3.04. The molecular weight excluding hydrogens is 218 g/mol. The van der Waals surface area contributed by atoms with Crippen LogP contribution in [0.2, 0.25) is 0 Å². The standard InChI is InChI=1S/C13H19NO3/c1-4-17-12-8-6-5-7-10(12)11(14(2)3)9-13(15)16/h5-8,11H,4,9H2,1-3H3,(H,15,16). The van der Waals surface area contributed by atoms with Crippen LogP contribution in [0.1, 0.15) is 24.9 Å². The second-order valence-electron chi connectivity index (χ2n) is 4.05. The predicted molar refractivity (Wildman–Crippen MR) is 66.3 cm³/mol. The highest BCUT2D eigenvalue weighted by atomic mass is 16.5. The van der Waals surface area contributed by atoms with Crippen molar-refractivity contribution in [3.8, 4) is 5.75 Å². The first-order chi connectivity index (χ1) is 8.06. The van der Waals surface area contributed by atoms with Crippen LogP contribution in [0.15, 0.2) is 24.3 Å². The quantitative estimate of drug-likeness (QED) is 0.823. The van der Waals surface area contributed by atoms with Crippen molar-refractivity contribution in [1.82, 2.24) is 4.90 Å². The van der Waals surface area contributed by atoms with E-state index in [-0.39, 0.29) is 12.5 Å². The van der Waals surface area contributed by atoms with Gasteiger partial charge in [0.15, 0.2) is 0 Å². The van der Waals surface area contributed by atoms with E-state index in [0.717, 1.165) is 11.3 Å². The summed E-state index contributed by atoms with van der Waals surface area (Å²) in [6, 6.07) is 7.41. The number of aliphatic carboxylic acids is 1. The second-order valence-corrected chi connectivity index (χ2v) is 4.05. The molecule has 0 amide bonds. The maximum Gasteiger partial charge on any atom is 0.305 e. The third kappa shape index (κ3) is 3.75. The number of ether oxygens (including phenoxy) is 1. The van der Waals surface area contributed by atoms with Gasteiger partial charge in [0.1, 0.15) is 5.75 Å². The molecule has 1 N–H and O–H groups in total. The molecule has 1 aromatic rings. The first-order valence-electron chi connectivity index (χ1n) is 5.66. The molecule has 4 nitrogen and oxygen atoms in total. The van der Waals surface area contributed by atoms with E-state index in [1.54, 1.807) is 0 Å². The van der Waals surface area contributed by atoms with Gasteiger partial charge in [0, 0.05) is 11.6 Å². The van der Waals surface area contributed by atoms with Gasteiger partial charge in [0.05, 0.1) is 13.0 Å². The number of carboxylic acid groups (broad SMARTS) is 1. The largest absolute Gasteiger partial charge is 0.494 e. The number of hydrogen-bond donors (Lipinski definition) is 1. The van der Waals surface area contributed by atoms with E-state index in [2.05, 4.69) is 0 Å². The SMILES string of the molecule is CCOc1ccccc1C(CC(=O)O)N(C)C. The minimum atomic E-state index is -0.810. The van der Waals surface area contributed by atoms with Crippen molar-refractivity contribution < 1.29 is 14.6 Å². The molecule has 0 saturated carbocycles. The summed E-state index contributed by atoms with van der Waals surface area (Å²) in [6.07, 6.45) is 0.0666. The minimum Gasteiger partial charge on any atom is -0.494 e. The van der Waals surface area contributed by atoms with E-state index in [0.29, 0.717) is 6.61 Å². The fraction of sp³-hybridized carbons (Fsp3) is 0.462. The van der Waals surface area contributed by atoms with E-state index in [4.69, 9.17) is 9.84 Å². The molecule has 1 atom stereocenters. The fourth-order valence-electron chi connectivity index (χ4n) is 1.78. The van der Waals surface area contributed by atoms with Gasteiger partial charge in [-0.2, -0.15) is 0 Å². The smallest absolute Gasteiger partial charge is 0.305 e. The van der Waals surface area contributed by atoms with Gasteiger partial charge in [-0.25, -0.2) is 0 Å². The lowest BCUT2D eigenvalue weighted by molar-refractivity contribution is -0.138. The Hall–Kier alpha value is -1.55. The summed E-state index contributed by atoms with van der Waals surface area (Å²) in [5, 5.41) is 8.95. The molecule has 0 radical (unpaired) electrons. The lowest BCUT2D eigenvalue weighted by Crippen LogP contribution is -2.23. The van der Waals surface area contributed by atoms with Gasteiger partial charge >= 0.3 is 5.97 Å². The molecule has 1 aromatic carbocycles. The van der Waals surface area contributed by atoms with E-state index in [9.17, 15) is 4.79 Å². The molecule has 0 saturated heterocycles. The lowest BCUT2D eigenvalue weighted by atomic mass is 10.0. The molecule has 0 aliphatic heterocycles. The van der Waals surface area contributed by atoms with E-state index < -0.39 is 5.97 Å². The van der Waals surface area contributed by atoms with Crippen LogP contribution in [0.5, 0.6) is 5.75 Å². The summed E-state index contributed by atoms with van der Waals surface area (Å²) < 4.78 is 5.53. The van der Waals surface area contributed by atoms with Gasteiger partial charge in [-0.05, 0) is 27.1 Å². The summed E-state index contributed by atoms with van der Waals surface area (Å²) in [5.74, 6) is -0.0510. The van der Waals surface area contributed by atoms with Crippen LogP contribution in [-0.4, -0.2) is 36.7 Å². The molecular formula is C13H19NO3. The highest BCUT2D eigenvalue weighted by molar-refractivity contribution is 5.68. The van der Waals surface area contributed by atoms with Crippen LogP contribution >= 0.6 is 0 Å². The molecule has 0 bridgehead atoms. The zero-order valence-corrected chi connectivity index (χ0v) is 10.5. The van der Waals surface area contributed by atoms with Crippen LogP contribution in [0.4, 0.5) is 0 Å². The summed E-state index contributed by atoms with van der Waals surface area (Å²) in [6.45, 7) is 2.49. The number of carbonyl (C=O) groups is 1. The second kappa shape index (κ2) is 6.25. The van der Waals surface area contributed by atoms with E-state index >= 15 is 0 Å². The lowest BCUT2D eigenvalue weighted by Gasteiger charge is -2.25. The zero-order chi connectivity index (χ0) is 12.8. The van der Waals surface area contributed by atoms with Crippen molar-refractivity contribution in [2.24, 2.45) is 0 Å². The van der Waals surface area contributed by atoms with Crippen molar-refractivity contribution in [2.45, 2.75) is 19.4 Å². The van der Waals surface area contributed by atoms with Gasteiger partial charge in [0.2, 0.25) is 0 Å². The highest BCUT2D eigenvalue weighted by Gasteiger charge is 2.21. The first kappa shape index (κ1) is 13.5. The van der Waals surface area contributed by atoms with Crippen molar-refractivity contribution >= 4 is 5.97 Å². The molecule has 0 aliphatic carbocycles. The Morgan fingerprint density at radius 3 is 2.59 bits per heavy atom. The van der Waals surface area contributed by atoms with Crippen LogP contribution in [0, 0.1) is 0 Å². The molecule has 4 heteroatoms. The van der Waals surface area contributed by atoms with E-state index in [1.807, 2.05) is 50.2 Å². The number of hydrogen-bond acceptors (Lipinski definition) is 3. The topological polar surface area (TPSA) is 49.8 Å². The third-order valence-electron chi connectivity index (χ3n) is 2.57.